The van der Waals surface area contributed by atoms with Crippen molar-refractivity contribution in [3.05, 3.63) is 0 Å². The summed E-state index contributed by atoms with van der Waals surface area (Å²) in [6.07, 6.45) is 4.03. The third-order valence-electron chi connectivity index (χ3n) is 4.87. The van der Waals surface area contributed by atoms with E-state index in [9.17, 15) is 0 Å². The summed E-state index contributed by atoms with van der Waals surface area (Å²) < 4.78 is 0. The summed E-state index contributed by atoms with van der Waals surface area (Å²) in [6.45, 7) is 15.3. The molecular formula is C14H29N. The van der Waals surface area contributed by atoms with Crippen molar-refractivity contribution in [2.45, 2.75) is 66.8 Å². The molecule has 0 aromatic carbocycles. The van der Waals surface area contributed by atoms with Gasteiger partial charge in [0.2, 0.25) is 0 Å². The molecule has 0 heterocycles. The van der Waals surface area contributed by atoms with Crippen LogP contribution in [-0.4, -0.2) is 12.6 Å². The fourth-order valence-electron chi connectivity index (χ4n) is 3.33. The van der Waals surface area contributed by atoms with E-state index in [1.54, 1.807) is 0 Å². The maximum Gasteiger partial charge on any atom is 0.0106 e. The molecular weight excluding hydrogens is 182 g/mol. The van der Waals surface area contributed by atoms with Gasteiger partial charge >= 0.3 is 0 Å². The van der Waals surface area contributed by atoms with Crippen molar-refractivity contribution in [3.63, 3.8) is 0 Å². The van der Waals surface area contributed by atoms with Gasteiger partial charge in [-0.3, -0.25) is 0 Å². The van der Waals surface area contributed by atoms with E-state index >= 15 is 0 Å². The molecule has 0 aromatic rings. The summed E-state index contributed by atoms with van der Waals surface area (Å²) >= 11 is 0. The van der Waals surface area contributed by atoms with Gasteiger partial charge < -0.3 is 5.32 Å². The van der Waals surface area contributed by atoms with Crippen LogP contribution in [0.15, 0.2) is 0 Å². The van der Waals surface area contributed by atoms with E-state index in [1.165, 1.54) is 19.3 Å². The number of hydrogen-bond acceptors (Lipinski definition) is 1. The molecule has 0 radical (unpaired) electrons. The Kier molecular flexibility index (Phi) is 3.86. The fourth-order valence-corrected chi connectivity index (χ4v) is 3.33. The molecule has 0 saturated heterocycles. The van der Waals surface area contributed by atoms with Crippen LogP contribution in [-0.2, 0) is 0 Å². The lowest BCUT2D eigenvalue weighted by atomic mass is 9.99. The van der Waals surface area contributed by atoms with E-state index in [0.29, 0.717) is 10.8 Å². The number of hydrogen-bond donors (Lipinski definition) is 1. The molecule has 0 spiro atoms. The van der Waals surface area contributed by atoms with Crippen molar-refractivity contribution in [2.24, 2.45) is 16.7 Å². The highest BCUT2D eigenvalue weighted by Gasteiger charge is 2.66. The molecule has 0 amide bonds. The molecule has 0 bridgehead atoms. The summed E-state index contributed by atoms with van der Waals surface area (Å²) in [5.41, 5.74) is 1.04. The van der Waals surface area contributed by atoms with Crippen LogP contribution in [0.2, 0.25) is 0 Å². The van der Waals surface area contributed by atoms with E-state index in [1.807, 2.05) is 0 Å². The standard InChI is InChI=1S/C14H29N/c1-7-9-10-11(15-8-2)12-13(3,4)14(12,5)6/h11-12,15H,7-10H2,1-6H3. The average Bonchev–Trinajstić information content (AvgIpc) is 2.53. The minimum atomic E-state index is 0.521. The first-order valence-corrected chi connectivity index (χ1v) is 6.63. The van der Waals surface area contributed by atoms with Crippen molar-refractivity contribution in [1.82, 2.24) is 5.32 Å². The normalized spacial score (nSPS) is 25.2. The van der Waals surface area contributed by atoms with Gasteiger partial charge in [-0.05, 0) is 29.7 Å². The van der Waals surface area contributed by atoms with Gasteiger partial charge in [-0.15, -0.1) is 0 Å². The highest BCUT2D eigenvalue weighted by atomic mass is 15.0. The minimum absolute atomic E-state index is 0.521. The molecule has 1 aliphatic carbocycles. The minimum Gasteiger partial charge on any atom is -0.314 e. The molecule has 1 heteroatoms. The van der Waals surface area contributed by atoms with E-state index in [-0.39, 0.29) is 0 Å². The van der Waals surface area contributed by atoms with Gasteiger partial charge in [0.05, 0.1) is 0 Å². The Bertz CT molecular complexity index is 191. The van der Waals surface area contributed by atoms with Crippen LogP contribution in [0.3, 0.4) is 0 Å². The first-order valence-electron chi connectivity index (χ1n) is 6.63. The Morgan fingerprint density at radius 2 is 1.60 bits per heavy atom. The monoisotopic (exact) mass is 211 g/mol. The maximum absolute atomic E-state index is 3.69. The molecule has 1 unspecified atom stereocenters. The van der Waals surface area contributed by atoms with E-state index in [0.717, 1.165) is 18.5 Å². The van der Waals surface area contributed by atoms with Crippen molar-refractivity contribution in [3.8, 4) is 0 Å². The van der Waals surface area contributed by atoms with Crippen molar-refractivity contribution in [1.29, 1.82) is 0 Å². The van der Waals surface area contributed by atoms with Crippen molar-refractivity contribution >= 4 is 0 Å². The van der Waals surface area contributed by atoms with Gasteiger partial charge in [-0.2, -0.15) is 0 Å². The molecule has 1 N–H and O–H groups in total. The summed E-state index contributed by atoms with van der Waals surface area (Å²) in [5.74, 6) is 0.858. The van der Waals surface area contributed by atoms with Gasteiger partial charge in [0.1, 0.15) is 0 Å². The van der Waals surface area contributed by atoms with Crippen LogP contribution >= 0.6 is 0 Å². The average molecular weight is 211 g/mol. The molecule has 1 aliphatic rings. The Hall–Kier alpha value is -0.0400. The molecule has 0 aromatic heterocycles. The lowest BCUT2D eigenvalue weighted by Gasteiger charge is -2.19. The topological polar surface area (TPSA) is 12.0 Å². The lowest BCUT2D eigenvalue weighted by Crippen LogP contribution is -2.33. The second-order valence-corrected chi connectivity index (χ2v) is 6.23. The first-order chi connectivity index (χ1) is 6.89. The lowest BCUT2D eigenvalue weighted by molar-refractivity contribution is 0.375. The van der Waals surface area contributed by atoms with Crippen LogP contribution < -0.4 is 5.32 Å². The second kappa shape index (κ2) is 4.45. The summed E-state index contributed by atoms with van der Waals surface area (Å²) in [5, 5.41) is 3.69. The van der Waals surface area contributed by atoms with E-state index < -0.39 is 0 Å². The quantitative estimate of drug-likeness (QED) is 0.704. The zero-order valence-electron chi connectivity index (χ0n) is 11.5. The van der Waals surface area contributed by atoms with E-state index in [4.69, 9.17) is 0 Å². The van der Waals surface area contributed by atoms with Crippen molar-refractivity contribution in [2.75, 3.05) is 6.54 Å². The van der Waals surface area contributed by atoms with Gasteiger partial charge in [0.25, 0.3) is 0 Å². The van der Waals surface area contributed by atoms with Gasteiger partial charge in [-0.25, -0.2) is 0 Å². The predicted octanol–water partition coefficient (Wildman–Crippen LogP) is 3.84. The van der Waals surface area contributed by atoms with Crippen LogP contribution in [0, 0.1) is 16.7 Å². The van der Waals surface area contributed by atoms with Gasteiger partial charge in [0, 0.05) is 6.04 Å². The number of unbranched alkanes of at least 4 members (excludes halogenated alkanes) is 1. The first kappa shape index (κ1) is 13.0. The van der Waals surface area contributed by atoms with Gasteiger partial charge in [-0.1, -0.05) is 54.4 Å². The van der Waals surface area contributed by atoms with Crippen LogP contribution in [0.25, 0.3) is 0 Å². The highest BCUT2D eigenvalue weighted by Crippen LogP contribution is 2.70. The van der Waals surface area contributed by atoms with Crippen LogP contribution in [0.1, 0.15) is 60.8 Å². The summed E-state index contributed by atoms with van der Waals surface area (Å²) in [7, 11) is 0. The second-order valence-electron chi connectivity index (χ2n) is 6.23. The Morgan fingerprint density at radius 3 is 1.93 bits per heavy atom. The van der Waals surface area contributed by atoms with Crippen molar-refractivity contribution < 1.29 is 0 Å². The Labute approximate surface area is 96.0 Å². The number of nitrogens with one attached hydrogen (secondary N) is 1. The molecule has 1 saturated carbocycles. The molecule has 1 fully saturated rings. The molecule has 0 aliphatic heterocycles. The van der Waals surface area contributed by atoms with Crippen LogP contribution in [0.4, 0.5) is 0 Å². The Morgan fingerprint density at radius 1 is 1.07 bits per heavy atom. The smallest absolute Gasteiger partial charge is 0.0106 e. The molecule has 1 atom stereocenters. The summed E-state index contributed by atoms with van der Waals surface area (Å²) in [4.78, 5) is 0. The summed E-state index contributed by atoms with van der Waals surface area (Å²) in [6, 6.07) is 0.736. The molecule has 15 heavy (non-hydrogen) atoms. The highest BCUT2D eigenvalue weighted by molar-refractivity contribution is 5.16. The zero-order valence-corrected chi connectivity index (χ0v) is 11.5. The van der Waals surface area contributed by atoms with E-state index in [2.05, 4.69) is 46.9 Å². The third kappa shape index (κ3) is 2.22. The van der Waals surface area contributed by atoms with Gasteiger partial charge in [0.15, 0.2) is 0 Å². The SMILES string of the molecule is CCCCC(NCC)C1C(C)(C)C1(C)C. The zero-order chi connectivity index (χ0) is 11.7. The predicted molar refractivity (Wildman–Crippen MR) is 68.0 cm³/mol. The molecule has 1 nitrogen and oxygen atoms in total. The molecule has 90 valence electrons. The third-order valence-corrected chi connectivity index (χ3v) is 4.87. The fraction of sp³-hybridized carbons (Fsp3) is 1.00. The van der Waals surface area contributed by atoms with Crippen LogP contribution in [0.5, 0.6) is 0 Å². The maximum atomic E-state index is 3.69. The molecule has 1 rings (SSSR count). The largest absolute Gasteiger partial charge is 0.314 e. The number of rotatable bonds is 6. The Balaban J connectivity index is 2.58.